The maximum absolute atomic E-state index is 14.1. The molecule has 0 N–H and O–H groups in total. The van der Waals surface area contributed by atoms with Crippen molar-refractivity contribution in [3.63, 3.8) is 0 Å². The summed E-state index contributed by atoms with van der Waals surface area (Å²) in [5.74, 6) is 3.35. The average Bonchev–Trinajstić information content (AvgIpc) is 3.08. The molecule has 3 heterocycles. The summed E-state index contributed by atoms with van der Waals surface area (Å²) in [6.45, 7) is 2.16. The predicted molar refractivity (Wildman–Crippen MR) is 138 cm³/mol. The first kappa shape index (κ1) is 29.3. The molecule has 5 rings (SSSR count). The third kappa shape index (κ3) is 6.33. The van der Waals surface area contributed by atoms with Gasteiger partial charge in [0.15, 0.2) is 5.82 Å². The van der Waals surface area contributed by atoms with Gasteiger partial charge >= 0.3 is 12.4 Å². The van der Waals surface area contributed by atoms with Crippen LogP contribution in [0.25, 0.3) is 0 Å². The smallest absolute Gasteiger partial charge is 0.378 e. The summed E-state index contributed by atoms with van der Waals surface area (Å²) < 4.78 is 101. The van der Waals surface area contributed by atoms with Crippen LogP contribution in [0.5, 0.6) is 0 Å². The minimum absolute atomic E-state index is 0.0141. The lowest BCUT2D eigenvalue weighted by Gasteiger charge is -2.27. The fourth-order valence-electron chi connectivity index (χ4n) is 5.04. The molecule has 2 aromatic carbocycles. The molecule has 0 spiro atoms. The van der Waals surface area contributed by atoms with Gasteiger partial charge in [0.05, 0.1) is 36.8 Å². The number of anilines is 2. The molecule has 220 valence electrons. The molecule has 1 saturated heterocycles. The van der Waals surface area contributed by atoms with E-state index in [9.17, 15) is 35.5 Å². The molecule has 2 aliphatic rings. The molecule has 0 saturated carbocycles. The summed E-state index contributed by atoms with van der Waals surface area (Å²) in [6.07, 6.45) is -10.3. The van der Waals surface area contributed by atoms with Gasteiger partial charge in [-0.2, -0.15) is 26.3 Å². The molecule has 0 radical (unpaired) electrons. The second kappa shape index (κ2) is 11.6. The Hall–Kier alpha value is -4.18. The molecule has 0 aliphatic carbocycles. The predicted octanol–water partition coefficient (Wildman–Crippen LogP) is 5.60. The number of ether oxygens (including phenoxy) is 1. The van der Waals surface area contributed by atoms with Gasteiger partial charge in [-0.05, 0) is 72.4 Å². The van der Waals surface area contributed by atoms with Crippen LogP contribution in [0.4, 0.5) is 42.2 Å². The first-order valence-electron chi connectivity index (χ1n) is 13.0. The van der Waals surface area contributed by atoms with E-state index in [0.717, 1.165) is 11.0 Å². The number of benzene rings is 2. The van der Waals surface area contributed by atoms with Crippen LogP contribution >= 0.6 is 0 Å². The van der Waals surface area contributed by atoms with Crippen molar-refractivity contribution in [3.05, 3.63) is 82.3 Å². The summed E-state index contributed by atoms with van der Waals surface area (Å²) in [7, 11) is 0. The number of hydrogen-bond acceptors (Lipinski definition) is 5. The molecular formula is C29H23F7N4O2. The summed E-state index contributed by atoms with van der Waals surface area (Å²) in [6, 6.07) is 8.24. The van der Waals surface area contributed by atoms with Crippen LogP contribution in [0.15, 0.2) is 48.5 Å². The van der Waals surface area contributed by atoms with Crippen molar-refractivity contribution < 1.29 is 40.3 Å². The zero-order valence-electron chi connectivity index (χ0n) is 21.9. The minimum Gasteiger partial charge on any atom is -0.378 e. The van der Waals surface area contributed by atoms with Crippen molar-refractivity contribution in [2.75, 3.05) is 42.6 Å². The molecule has 3 aromatic rings. The largest absolute Gasteiger partial charge is 0.416 e. The van der Waals surface area contributed by atoms with Gasteiger partial charge < -0.3 is 9.64 Å². The molecule has 2 aliphatic heterocycles. The van der Waals surface area contributed by atoms with E-state index in [1.807, 2.05) is 4.90 Å². The van der Waals surface area contributed by atoms with Crippen LogP contribution in [0, 0.1) is 17.7 Å². The van der Waals surface area contributed by atoms with E-state index in [1.54, 1.807) is 12.1 Å². The average molecular weight is 593 g/mol. The van der Waals surface area contributed by atoms with Crippen LogP contribution in [0.2, 0.25) is 0 Å². The number of carbonyl (C=O) groups excluding carboxylic acids is 1. The molecule has 13 heteroatoms. The highest BCUT2D eigenvalue weighted by Gasteiger charge is 2.42. The van der Waals surface area contributed by atoms with Gasteiger partial charge in [0, 0.05) is 18.8 Å². The Morgan fingerprint density at radius 2 is 1.69 bits per heavy atom. The van der Waals surface area contributed by atoms with Crippen molar-refractivity contribution in [2.24, 2.45) is 0 Å². The van der Waals surface area contributed by atoms with Gasteiger partial charge in [0.1, 0.15) is 11.5 Å². The molecule has 1 aromatic heterocycles. The van der Waals surface area contributed by atoms with Gasteiger partial charge in [-0.1, -0.05) is 12.0 Å². The second-order valence-electron chi connectivity index (χ2n) is 9.76. The maximum atomic E-state index is 14.1. The number of morpholine rings is 1. The molecule has 1 unspecified atom stereocenters. The maximum Gasteiger partial charge on any atom is 0.416 e. The number of amides is 1. The van der Waals surface area contributed by atoms with E-state index >= 15 is 0 Å². The third-order valence-corrected chi connectivity index (χ3v) is 7.10. The van der Waals surface area contributed by atoms with Crippen LogP contribution in [-0.4, -0.2) is 49.0 Å². The van der Waals surface area contributed by atoms with Crippen LogP contribution in [-0.2, 0) is 28.3 Å². The lowest BCUT2D eigenvalue weighted by atomic mass is 9.88. The molecule has 0 bridgehead atoms. The normalized spacial score (nSPS) is 17.8. The Morgan fingerprint density at radius 1 is 0.929 bits per heavy atom. The summed E-state index contributed by atoms with van der Waals surface area (Å²) in [5.41, 5.74) is -2.71. The Labute approximate surface area is 236 Å². The number of aryl methyl sites for hydroxylation is 1. The highest BCUT2D eigenvalue weighted by molar-refractivity contribution is 6.00. The van der Waals surface area contributed by atoms with Crippen LogP contribution < -0.4 is 9.80 Å². The molecule has 42 heavy (non-hydrogen) atoms. The second-order valence-corrected chi connectivity index (χ2v) is 9.76. The van der Waals surface area contributed by atoms with Crippen molar-refractivity contribution >= 4 is 17.4 Å². The zero-order valence-corrected chi connectivity index (χ0v) is 21.9. The summed E-state index contributed by atoms with van der Waals surface area (Å²) >= 11 is 0. The zero-order chi connectivity index (χ0) is 30.1. The first-order chi connectivity index (χ1) is 19.9. The number of aromatic nitrogens is 2. The van der Waals surface area contributed by atoms with E-state index in [2.05, 4.69) is 22.0 Å². The SMILES string of the molecule is O=C1C(c2ccc(C(F)(F)F)cc2C(F)(F)F)CCc2cc(F)ccc2N1CC#Cc1ccc(N2CCOCC2)nn1. The standard InChI is InChI=1S/C29H23F7N4O2/c30-20-5-9-25-18(16-20)3-7-23(22-8-4-19(28(31,32)33)17-24(22)29(34,35)36)27(41)40(25)11-1-2-21-6-10-26(38-37-21)39-12-14-42-15-13-39/h4-6,8-10,16-17,23H,3,7,11-15H2. The van der Waals surface area contributed by atoms with E-state index in [-0.39, 0.29) is 36.8 Å². The van der Waals surface area contributed by atoms with Crippen molar-refractivity contribution in [1.82, 2.24) is 10.2 Å². The molecular weight excluding hydrogens is 569 g/mol. The summed E-state index contributed by atoms with van der Waals surface area (Å²) in [4.78, 5) is 16.9. The lowest BCUT2D eigenvalue weighted by molar-refractivity contribution is -0.143. The fourth-order valence-corrected chi connectivity index (χ4v) is 5.04. The van der Waals surface area contributed by atoms with Crippen molar-refractivity contribution in [1.29, 1.82) is 0 Å². The summed E-state index contributed by atoms with van der Waals surface area (Å²) in [5, 5.41) is 8.24. The Morgan fingerprint density at radius 3 is 2.36 bits per heavy atom. The van der Waals surface area contributed by atoms with Crippen molar-refractivity contribution in [3.8, 4) is 11.8 Å². The number of alkyl halides is 6. The number of fused-ring (bicyclic) bond motifs is 1. The first-order valence-corrected chi connectivity index (χ1v) is 13.0. The van der Waals surface area contributed by atoms with Gasteiger partial charge in [-0.25, -0.2) is 4.39 Å². The van der Waals surface area contributed by atoms with Crippen LogP contribution in [0.3, 0.4) is 0 Å². The minimum atomic E-state index is -5.15. The van der Waals surface area contributed by atoms with Crippen molar-refractivity contribution in [2.45, 2.75) is 31.1 Å². The molecule has 1 fully saturated rings. The number of halogens is 7. The Bertz CT molecular complexity index is 1520. The van der Waals surface area contributed by atoms with E-state index in [4.69, 9.17) is 4.74 Å². The third-order valence-electron chi connectivity index (χ3n) is 7.10. The number of rotatable bonds is 3. The highest BCUT2D eigenvalue weighted by Crippen LogP contribution is 2.43. The van der Waals surface area contributed by atoms with E-state index < -0.39 is 46.7 Å². The topological polar surface area (TPSA) is 58.6 Å². The lowest BCUT2D eigenvalue weighted by Crippen LogP contribution is -2.36. The van der Waals surface area contributed by atoms with Gasteiger partial charge in [0.25, 0.3) is 0 Å². The van der Waals surface area contributed by atoms with Gasteiger partial charge in [0.2, 0.25) is 5.91 Å². The van der Waals surface area contributed by atoms with Gasteiger partial charge in [-0.3, -0.25) is 9.69 Å². The Kier molecular flexibility index (Phi) is 8.10. The van der Waals surface area contributed by atoms with E-state index in [1.165, 1.54) is 12.1 Å². The van der Waals surface area contributed by atoms with Crippen LogP contribution in [0.1, 0.15) is 40.3 Å². The van der Waals surface area contributed by atoms with Gasteiger partial charge in [-0.15, -0.1) is 10.2 Å². The van der Waals surface area contributed by atoms with E-state index in [0.29, 0.717) is 49.8 Å². The number of carbonyl (C=O) groups is 1. The quantitative estimate of drug-likeness (QED) is 0.293. The monoisotopic (exact) mass is 592 g/mol. The molecule has 1 atom stereocenters. The fraction of sp³-hybridized carbons (Fsp3) is 0.345. The Balaban J connectivity index is 1.46. The number of hydrogen-bond donors (Lipinski definition) is 0. The molecule has 1 amide bonds. The highest BCUT2D eigenvalue weighted by atomic mass is 19.4. The number of nitrogens with zero attached hydrogens (tertiary/aromatic N) is 4. The molecule has 6 nitrogen and oxygen atoms in total.